The second-order valence-electron chi connectivity index (χ2n) is 8.98. The third kappa shape index (κ3) is 7.78. The van der Waals surface area contributed by atoms with E-state index in [4.69, 9.17) is 11.6 Å². The van der Waals surface area contributed by atoms with Crippen molar-refractivity contribution in [1.82, 2.24) is 5.32 Å². The summed E-state index contributed by atoms with van der Waals surface area (Å²) in [5, 5.41) is 14.4. The molecule has 0 fully saturated rings. The number of carbonyl (C=O) groups excluding carboxylic acids is 1. The van der Waals surface area contributed by atoms with Gasteiger partial charge in [-0.05, 0) is 77.2 Å². The summed E-state index contributed by atoms with van der Waals surface area (Å²) >= 11 is 5.91. The Morgan fingerprint density at radius 2 is 1.36 bits per heavy atom. The summed E-state index contributed by atoms with van der Waals surface area (Å²) in [4.78, 5) is 13.1. The number of benzene rings is 4. The lowest BCUT2D eigenvalue weighted by Gasteiger charge is -2.25. The molecule has 0 heterocycles. The van der Waals surface area contributed by atoms with Crippen LogP contribution in [0.5, 0.6) is 0 Å². The van der Waals surface area contributed by atoms with Gasteiger partial charge in [0.15, 0.2) is 0 Å². The second kappa shape index (κ2) is 12.3. The topological polar surface area (TPSA) is 49.3 Å². The molecule has 1 amide bonds. The normalized spacial score (nSPS) is 13.3. The van der Waals surface area contributed by atoms with Gasteiger partial charge in [0, 0.05) is 10.6 Å². The molecule has 4 rings (SSSR count). The Morgan fingerprint density at radius 3 is 1.90 bits per heavy atom. The fourth-order valence-corrected chi connectivity index (χ4v) is 4.11. The van der Waals surface area contributed by atoms with Gasteiger partial charge in [-0.1, -0.05) is 72.3 Å². The molecule has 0 bridgehead atoms. The first-order valence-electron chi connectivity index (χ1n) is 12.0. The lowest BCUT2D eigenvalue weighted by atomic mass is 9.95. The number of aliphatic hydroxyl groups is 1. The highest BCUT2D eigenvalue weighted by Gasteiger charge is 2.30. The average Bonchev–Trinajstić information content (AvgIpc) is 2.92. The predicted octanol–water partition coefficient (Wildman–Crippen LogP) is 7.74. The Kier molecular flexibility index (Phi) is 8.84. The number of hydrogen-bond acceptors (Lipinski definition) is 2. The van der Waals surface area contributed by atoms with E-state index in [1.54, 1.807) is 36.4 Å². The van der Waals surface area contributed by atoms with Crippen LogP contribution >= 0.6 is 11.6 Å². The van der Waals surface area contributed by atoms with Crippen LogP contribution in [-0.4, -0.2) is 17.1 Å². The molecule has 0 saturated carbocycles. The zero-order valence-corrected chi connectivity index (χ0v) is 21.3. The van der Waals surface area contributed by atoms with E-state index in [9.17, 15) is 27.5 Å². The number of alkyl halides is 3. The van der Waals surface area contributed by atoms with Crippen LogP contribution < -0.4 is 5.32 Å². The van der Waals surface area contributed by atoms with Crippen LogP contribution in [0.25, 0.3) is 12.2 Å². The largest absolute Gasteiger partial charge is 0.416 e. The zero-order valence-electron chi connectivity index (χ0n) is 20.5. The monoisotopic (exact) mass is 553 g/mol. The Balaban J connectivity index is 1.50. The SMILES string of the molecule is O=C(NC(Cc1ccc(C(F)(F)F)cc1)C(O)c1ccc(F)cc1)c1ccc(C=Cc2ccc(Cl)cc2)cc1. The number of aliphatic hydroxyl groups excluding tert-OH is 1. The summed E-state index contributed by atoms with van der Waals surface area (Å²) in [5.41, 5.74) is 2.20. The highest BCUT2D eigenvalue weighted by Crippen LogP contribution is 2.30. The Morgan fingerprint density at radius 1 is 0.821 bits per heavy atom. The molecule has 8 heteroatoms. The van der Waals surface area contributed by atoms with Gasteiger partial charge in [-0.2, -0.15) is 13.2 Å². The molecule has 3 nitrogen and oxygen atoms in total. The molecule has 2 N–H and O–H groups in total. The molecule has 4 aromatic rings. The Bertz CT molecular complexity index is 1420. The molecule has 0 spiro atoms. The standard InChI is InChI=1S/C31H24ClF4NO2/c32-26-15-7-21(8-16-26)2-1-20-3-9-24(10-4-20)30(39)37-28(29(38)23-11-17-27(33)18-12-23)19-22-5-13-25(14-6-22)31(34,35)36/h1-18,28-29,38H,19H2,(H,37,39). The molecule has 0 saturated heterocycles. The maximum absolute atomic E-state index is 13.4. The van der Waals surface area contributed by atoms with Gasteiger partial charge in [-0.15, -0.1) is 0 Å². The quantitative estimate of drug-likeness (QED) is 0.173. The molecule has 2 unspecified atom stereocenters. The van der Waals surface area contributed by atoms with Crippen LogP contribution in [0, 0.1) is 5.82 Å². The lowest BCUT2D eigenvalue weighted by molar-refractivity contribution is -0.137. The minimum atomic E-state index is -4.48. The van der Waals surface area contributed by atoms with Crippen LogP contribution in [0.15, 0.2) is 97.1 Å². The van der Waals surface area contributed by atoms with E-state index in [1.807, 2.05) is 24.3 Å². The van der Waals surface area contributed by atoms with Crippen LogP contribution in [0.2, 0.25) is 5.02 Å². The predicted molar refractivity (Wildman–Crippen MR) is 145 cm³/mol. The molecule has 0 aliphatic heterocycles. The lowest BCUT2D eigenvalue weighted by Crippen LogP contribution is -2.41. The second-order valence-corrected chi connectivity index (χ2v) is 9.42. The minimum absolute atomic E-state index is 0.0460. The number of rotatable bonds is 8. The highest BCUT2D eigenvalue weighted by molar-refractivity contribution is 6.30. The first-order valence-corrected chi connectivity index (χ1v) is 12.4. The van der Waals surface area contributed by atoms with E-state index in [2.05, 4.69) is 5.32 Å². The fourth-order valence-electron chi connectivity index (χ4n) is 3.98. The molecule has 39 heavy (non-hydrogen) atoms. The minimum Gasteiger partial charge on any atom is -0.386 e. The number of hydrogen-bond donors (Lipinski definition) is 2. The van der Waals surface area contributed by atoms with Crippen LogP contribution in [0.3, 0.4) is 0 Å². The van der Waals surface area contributed by atoms with E-state index in [1.165, 1.54) is 36.4 Å². The maximum Gasteiger partial charge on any atom is 0.416 e. The summed E-state index contributed by atoms with van der Waals surface area (Å²) in [6.45, 7) is 0. The number of nitrogens with one attached hydrogen (secondary N) is 1. The van der Waals surface area contributed by atoms with Crippen molar-refractivity contribution in [2.24, 2.45) is 0 Å². The summed E-state index contributed by atoms with van der Waals surface area (Å²) in [6.07, 6.45) is -1.88. The molecular weight excluding hydrogens is 530 g/mol. The van der Waals surface area contributed by atoms with Crippen molar-refractivity contribution in [3.05, 3.63) is 141 Å². The van der Waals surface area contributed by atoms with Crippen LogP contribution in [0.1, 0.15) is 44.3 Å². The van der Waals surface area contributed by atoms with Crippen molar-refractivity contribution in [3.8, 4) is 0 Å². The molecule has 0 aliphatic rings. The maximum atomic E-state index is 13.4. The Hall–Kier alpha value is -3.94. The van der Waals surface area contributed by atoms with Gasteiger partial charge in [0.25, 0.3) is 5.91 Å². The van der Waals surface area contributed by atoms with Gasteiger partial charge >= 0.3 is 6.18 Å². The van der Waals surface area contributed by atoms with Gasteiger partial charge in [0.1, 0.15) is 5.82 Å². The van der Waals surface area contributed by atoms with E-state index in [0.717, 1.165) is 23.3 Å². The summed E-state index contributed by atoms with van der Waals surface area (Å²) < 4.78 is 52.3. The van der Waals surface area contributed by atoms with Crippen molar-refractivity contribution in [1.29, 1.82) is 0 Å². The first kappa shape index (κ1) is 28.1. The summed E-state index contributed by atoms with van der Waals surface area (Å²) in [6, 6.07) is 22.9. The van der Waals surface area contributed by atoms with Crippen molar-refractivity contribution >= 4 is 29.7 Å². The molecule has 2 atom stereocenters. The van der Waals surface area contributed by atoms with E-state index >= 15 is 0 Å². The van der Waals surface area contributed by atoms with Crippen molar-refractivity contribution in [3.63, 3.8) is 0 Å². The zero-order chi connectivity index (χ0) is 28.0. The Labute approximate surface area is 228 Å². The van der Waals surface area contributed by atoms with Crippen molar-refractivity contribution < 1.29 is 27.5 Å². The van der Waals surface area contributed by atoms with Gasteiger partial charge in [-0.3, -0.25) is 4.79 Å². The van der Waals surface area contributed by atoms with Gasteiger partial charge in [-0.25, -0.2) is 4.39 Å². The average molecular weight is 554 g/mol. The first-order chi connectivity index (χ1) is 18.6. The molecule has 0 aliphatic carbocycles. The third-order valence-corrected chi connectivity index (χ3v) is 6.41. The van der Waals surface area contributed by atoms with Crippen LogP contribution in [-0.2, 0) is 12.6 Å². The van der Waals surface area contributed by atoms with Crippen LogP contribution in [0.4, 0.5) is 17.6 Å². The molecular formula is C31H24ClF4NO2. The van der Waals surface area contributed by atoms with Gasteiger partial charge < -0.3 is 10.4 Å². The number of amides is 1. The van der Waals surface area contributed by atoms with E-state index < -0.39 is 35.6 Å². The summed E-state index contributed by atoms with van der Waals surface area (Å²) in [5.74, 6) is -0.958. The fraction of sp³-hybridized carbons (Fsp3) is 0.129. The van der Waals surface area contributed by atoms with E-state index in [0.29, 0.717) is 21.7 Å². The molecule has 4 aromatic carbocycles. The van der Waals surface area contributed by atoms with E-state index in [-0.39, 0.29) is 6.42 Å². The third-order valence-electron chi connectivity index (χ3n) is 6.16. The molecule has 0 aromatic heterocycles. The summed E-state index contributed by atoms with van der Waals surface area (Å²) in [7, 11) is 0. The van der Waals surface area contributed by atoms with Gasteiger partial charge in [0.2, 0.25) is 0 Å². The van der Waals surface area contributed by atoms with Crippen molar-refractivity contribution in [2.75, 3.05) is 0 Å². The smallest absolute Gasteiger partial charge is 0.386 e. The van der Waals surface area contributed by atoms with Gasteiger partial charge in [0.05, 0.1) is 17.7 Å². The highest BCUT2D eigenvalue weighted by atomic mass is 35.5. The number of carbonyl (C=O) groups is 1. The molecule has 0 radical (unpaired) electrons. The number of halogens is 5. The molecule has 200 valence electrons. The van der Waals surface area contributed by atoms with Crippen molar-refractivity contribution in [2.45, 2.75) is 24.7 Å².